The van der Waals surface area contributed by atoms with Crippen molar-refractivity contribution in [1.29, 1.82) is 0 Å². The van der Waals surface area contributed by atoms with Gasteiger partial charge in [-0.05, 0) is 47.7 Å². The van der Waals surface area contributed by atoms with Crippen LogP contribution in [0.5, 0.6) is 11.5 Å². The standard InChI is InChI=1S/C36H42F2N8O10/c1-20(2)23-17-24(26(49)18-25(23)48)31-41-42-34(53)46(31)22-5-3-21(4-6-22)19-43-11-13-44(14-12-43)29(50)9-16-55-35(54)40-28-7-10-45(33(52)39-28)32-36(37,38)30(51)27(56-32)8-15-47/h3-7,10,17-18,20,27,30,32,47-49,51H,8-9,11-16,19H2,1-2H3,(H,42,53)(H,39,40,52,54)/t27-,30-,32-/m1/s1. The number of aromatic amines is 1. The molecule has 3 atom stereocenters. The molecule has 0 bridgehead atoms. The third-order valence-corrected chi connectivity index (χ3v) is 9.66. The molecule has 2 aliphatic heterocycles. The van der Waals surface area contributed by atoms with E-state index in [-0.39, 0.29) is 54.4 Å². The van der Waals surface area contributed by atoms with Crippen molar-refractivity contribution in [2.75, 3.05) is 44.7 Å². The van der Waals surface area contributed by atoms with Gasteiger partial charge in [0, 0.05) is 51.6 Å². The van der Waals surface area contributed by atoms with Crippen molar-refractivity contribution in [3.05, 3.63) is 80.8 Å². The van der Waals surface area contributed by atoms with Crippen LogP contribution in [0.2, 0.25) is 0 Å². The highest BCUT2D eigenvalue weighted by atomic mass is 19.3. The van der Waals surface area contributed by atoms with Crippen LogP contribution in [0.25, 0.3) is 17.1 Å². The second-order valence-corrected chi connectivity index (χ2v) is 13.8. The maximum atomic E-state index is 14.6. The van der Waals surface area contributed by atoms with Crippen LogP contribution < -0.4 is 16.7 Å². The number of phenols is 2. The molecule has 2 saturated heterocycles. The molecule has 18 nitrogen and oxygen atoms in total. The van der Waals surface area contributed by atoms with E-state index in [1.807, 2.05) is 26.0 Å². The third kappa shape index (κ3) is 8.42. The maximum absolute atomic E-state index is 14.6. The smallest absolute Gasteiger partial charge is 0.412 e. The molecule has 20 heteroatoms. The molecule has 0 unspecified atom stereocenters. The Labute approximate surface area is 317 Å². The number of benzene rings is 2. The number of carbonyl (C=O) groups is 2. The highest BCUT2D eigenvalue weighted by Gasteiger charge is 2.59. The first kappa shape index (κ1) is 40.0. The first-order valence-corrected chi connectivity index (χ1v) is 17.9. The molecule has 6 rings (SSSR count). The van der Waals surface area contributed by atoms with Gasteiger partial charge in [-0.2, -0.15) is 18.9 Å². The summed E-state index contributed by atoms with van der Waals surface area (Å²) in [6, 6.07) is 11.2. The Balaban J connectivity index is 0.956. The van der Waals surface area contributed by atoms with E-state index in [9.17, 15) is 43.3 Å². The maximum Gasteiger partial charge on any atom is 0.412 e. The molecule has 56 heavy (non-hydrogen) atoms. The number of aliphatic hydroxyl groups excluding tert-OH is 2. The molecular formula is C36H42F2N8O10. The fraction of sp³-hybridized carbons (Fsp3) is 0.444. The minimum Gasteiger partial charge on any atom is -0.508 e. The van der Waals surface area contributed by atoms with Crippen LogP contribution in [0.1, 0.15) is 50.0 Å². The van der Waals surface area contributed by atoms with Gasteiger partial charge in [0.15, 0.2) is 5.82 Å². The number of hydrogen-bond donors (Lipinski definition) is 6. The first-order chi connectivity index (χ1) is 26.7. The molecule has 0 radical (unpaired) electrons. The van der Waals surface area contributed by atoms with Gasteiger partial charge >= 0.3 is 23.4 Å². The number of rotatable bonds is 12. The topological polar surface area (TPSA) is 238 Å². The van der Waals surface area contributed by atoms with Crippen LogP contribution in [-0.2, 0) is 20.8 Å². The number of halogens is 2. The number of aromatic hydroxyl groups is 2. The summed E-state index contributed by atoms with van der Waals surface area (Å²) in [7, 11) is 0. The highest BCUT2D eigenvalue weighted by Crippen LogP contribution is 2.43. The fourth-order valence-electron chi connectivity index (χ4n) is 6.64. The molecule has 0 saturated carbocycles. The van der Waals surface area contributed by atoms with Gasteiger partial charge in [0.05, 0.1) is 23.8 Å². The van der Waals surface area contributed by atoms with Gasteiger partial charge in [0.25, 0.3) is 0 Å². The van der Waals surface area contributed by atoms with Gasteiger partial charge in [-0.15, -0.1) is 0 Å². The Morgan fingerprint density at radius 1 is 1.07 bits per heavy atom. The molecule has 300 valence electrons. The number of ether oxygens (including phenoxy) is 2. The summed E-state index contributed by atoms with van der Waals surface area (Å²) in [6.07, 6.45) is -6.29. The number of phenolic OH excluding ortho intramolecular Hbond substituents is 2. The number of hydrogen-bond acceptors (Lipinski definition) is 13. The van der Waals surface area contributed by atoms with E-state index >= 15 is 0 Å². The summed E-state index contributed by atoms with van der Waals surface area (Å²) in [6.45, 7) is 5.62. The number of nitrogens with zero attached hydrogens (tertiary/aromatic N) is 6. The fourth-order valence-corrected chi connectivity index (χ4v) is 6.64. The lowest BCUT2D eigenvalue weighted by atomic mass is 9.98. The Morgan fingerprint density at radius 2 is 1.79 bits per heavy atom. The van der Waals surface area contributed by atoms with E-state index < -0.39 is 48.4 Å². The largest absolute Gasteiger partial charge is 0.508 e. The van der Waals surface area contributed by atoms with Gasteiger partial charge in [-0.1, -0.05) is 26.0 Å². The Bertz CT molecular complexity index is 2170. The molecule has 4 aromatic rings. The minimum atomic E-state index is -3.84. The lowest BCUT2D eigenvalue weighted by Gasteiger charge is -2.34. The van der Waals surface area contributed by atoms with Crippen LogP contribution >= 0.6 is 0 Å². The Kier molecular flexibility index (Phi) is 11.8. The van der Waals surface area contributed by atoms with Crippen LogP contribution in [-0.4, -0.2) is 124 Å². The molecule has 6 N–H and O–H groups in total. The van der Waals surface area contributed by atoms with Crippen molar-refractivity contribution in [2.45, 2.75) is 63.5 Å². The van der Waals surface area contributed by atoms with Crippen molar-refractivity contribution in [3.8, 4) is 28.6 Å². The van der Waals surface area contributed by atoms with Crippen molar-refractivity contribution < 1.29 is 48.3 Å². The summed E-state index contributed by atoms with van der Waals surface area (Å²) in [4.78, 5) is 57.7. The van der Waals surface area contributed by atoms with Gasteiger partial charge < -0.3 is 34.8 Å². The molecular weight excluding hydrogens is 742 g/mol. The van der Waals surface area contributed by atoms with E-state index in [0.29, 0.717) is 54.1 Å². The monoisotopic (exact) mass is 784 g/mol. The number of carbonyl (C=O) groups excluding carboxylic acids is 2. The number of H-pyrrole nitrogens is 1. The number of aliphatic hydroxyl groups is 2. The van der Waals surface area contributed by atoms with Crippen LogP contribution in [0.15, 0.2) is 58.3 Å². The summed E-state index contributed by atoms with van der Waals surface area (Å²) < 4.78 is 41.1. The minimum absolute atomic E-state index is 0.0409. The number of nitrogens with one attached hydrogen (secondary N) is 2. The van der Waals surface area contributed by atoms with Gasteiger partial charge in [0.2, 0.25) is 12.1 Å². The number of piperazine rings is 1. The van der Waals surface area contributed by atoms with E-state index in [1.54, 1.807) is 23.1 Å². The summed E-state index contributed by atoms with van der Waals surface area (Å²) in [5.74, 6) is -4.49. The van der Waals surface area contributed by atoms with Crippen LogP contribution in [0.4, 0.5) is 19.4 Å². The predicted octanol–water partition coefficient (Wildman–Crippen LogP) is 1.88. The molecule has 0 spiro atoms. The quantitative estimate of drug-likeness (QED) is 0.121. The molecule has 2 aromatic heterocycles. The Hall–Kier alpha value is -5.70. The van der Waals surface area contributed by atoms with E-state index in [1.165, 1.54) is 10.6 Å². The van der Waals surface area contributed by atoms with Crippen molar-refractivity contribution in [1.82, 2.24) is 34.1 Å². The SMILES string of the molecule is CC(C)c1cc(-c2n[nH]c(=O)n2-c2ccc(CN3CCN(C(=O)CCOC(=O)Nc4ccn([C@@H]5O[C@H](CCO)[C@@H](O)C5(F)F)c(=O)n4)CC3)cc2)c(O)cc1O. The first-order valence-electron chi connectivity index (χ1n) is 17.9. The zero-order chi connectivity index (χ0) is 40.3. The zero-order valence-corrected chi connectivity index (χ0v) is 30.5. The van der Waals surface area contributed by atoms with E-state index in [0.717, 1.165) is 17.8 Å². The van der Waals surface area contributed by atoms with Gasteiger partial charge in [-0.25, -0.2) is 24.0 Å². The number of alkyl halides is 2. The molecule has 4 heterocycles. The van der Waals surface area contributed by atoms with Crippen molar-refractivity contribution in [2.24, 2.45) is 0 Å². The van der Waals surface area contributed by atoms with Gasteiger partial charge in [0.1, 0.15) is 30.0 Å². The molecule has 2 aromatic carbocycles. The molecule has 2 amide bonds. The summed E-state index contributed by atoms with van der Waals surface area (Å²) in [5.41, 5.74) is 0.681. The number of amides is 2. The number of aromatic nitrogens is 5. The summed E-state index contributed by atoms with van der Waals surface area (Å²) in [5, 5.41) is 48.5. The third-order valence-electron chi connectivity index (χ3n) is 9.66. The van der Waals surface area contributed by atoms with Crippen LogP contribution in [0, 0.1) is 0 Å². The molecule has 0 aliphatic carbocycles. The highest BCUT2D eigenvalue weighted by molar-refractivity contribution is 5.83. The summed E-state index contributed by atoms with van der Waals surface area (Å²) >= 11 is 0. The second-order valence-electron chi connectivity index (χ2n) is 13.8. The van der Waals surface area contributed by atoms with Gasteiger partial charge in [-0.3, -0.25) is 19.6 Å². The van der Waals surface area contributed by atoms with E-state index in [2.05, 4.69) is 25.4 Å². The van der Waals surface area contributed by atoms with Crippen molar-refractivity contribution >= 4 is 17.8 Å². The van der Waals surface area contributed by atoms with Crippen LogP contribution in [0.3, 0.4) is 0 Å². The van der Waals surface area contributed by atoms with Crippen molar-refractivity contribution in [3.63, 3.8) is 0 Å². The zero-order valence-electron chi connectivity index (χ0n) is 30.5. The molecule has 2 fully saturated rings. The average Bonchev–Trinajstić information content (AvgIpc) is 3.64. The molecule has 2 aliphatic rings. The predicted molar refractivity (Wildman–Crippen MR) is 194 cm³/mol. The Morgan fingerprint density at radius 3 is 2.45 bits per heavy atom. The average molecular weight is 785 g/mol. The lowest BCUT2D eigenvalue weighted by Crippen LogP contribution is -2.48. The normalized spacial score (nSPS) is 19.7. The lowest BCUT2D eigenvalue weighted by molar-refractivity contribution is -0.140. The van der Waals surface area contributed by atoms with E-state index in [4.69, 9.17) is 14.6 Å². The second kappa shape index (κ2) is 16.6. The number of anilines is 1.